The summed E-state index contributed by atoms with van der Waals surface area (Å²) in [5, 5.41) is 0. The van der Waals surface area contributed by atoms with E-state index in [2.05, 4.69) is 19.1 Å². The molecule has 41 heavy (non-hydrogen) atoms. The third kappa shape index (κ3) is 7.19. The van der Waals surface area contributed by atoms with E-state index in [4.69, 9.17) is 28.7 Å². The van der Waals surface area contributed by atoms with Crippen molar-refractivity contribution in [1.29, 1.82) is 0 Å². The van der Waals surface area contributed by atoms with Gasteiger partial charge in [-0.2, -0.15) is 4.89 Å². The van der Waals surface area contributed by atoms with Gasteiger partial charge in [0, 0.05) is 38.6 Å². The maximum absolute atomic E-state index is 14.1. The SMILES string of the molecule is CCCCC[C@@H]1OOC2(OC)C(=O)C3(OC)C=C(/C=C/C(=O)OC)C2C1C3/C=C/CCCCCCCC(=O)OCC. The molecule has 2 fully saturated rings. The first kappa shape index (κ1) is 33.2. The third-order valence-electron chi connectivity index (χ3n) is 8.59. The molecule has 0 N–H and O–H groups in total. The minimum atomic E-state index is -1.67. The zero-order valence-corrected chi connectivity index (χ0v) is 25.4. The quantitative estimate of drug-likeness (QED) is 0.0680. The molecule has 5 unspecified atom stereocenters. The number of allylic oxidation sites excluding steroid dienone is 2. The molecule has 1 heterocycles. The van der Waals surface area contributed by atoms with E-state index >= 15 is 0 Å². The average Bonchev–Trinajstić information content (AvgIpc) is 2.98. The van der Waals surface area contributed by atoms with Crippen molar-refractivity contribution in [2.45, 2.75) is 102 Å². The second-order valence-electron chi connectivity index (χ2n) is 11.0. The van der Waals surface area contributed by atoms with Crippen molar-refractivity contribution in [2.75, 3.05) is 27.9 Å². The van der Waals surface area contributed by atoms with Gasteiger partial charge in [-0.15, -0.1) is 0 Å². The molecule has 3 aliphatic carbocycles. The van der Waals surface area contributed by atoms with Crippen LogP contribution < -0.4 is 0 Å². The van der Waals surface area contributed by atoms with Crippen molar-refractivity contribution < 1.29 is 43.1 Å². The predicted octanol–water partition coefficient (Wildman–Crippen LogP) is 5.58. The van der Waals surface area contributed by atoms with Crippen molar-refractivity contribution in [3.63, 3.8) is 0 Å². The first-order chi connectivity index (χ1) is 19.8. The van der Waals surface area contributed by atoms with Gasteiger partial charge in [-0.05, 0) is 44.3 Å². The van der Waals surface area contributed by atoms with Gasteiger partial charge in [0.15, 0.2) is 5.60 Å². The summed E-state index contributed by atoms with van der Waals surface area (Å²) in [4.78, 5) is 49.3. The Labute approximate surface area is 244 Å². The third-order valence-corrected chi connectivity index (χ3v) is 8.59. The molecule has 1 aliphatic heterocycles. The Balaban J connectivity index is 1.80. The maximum Gasteiger partial charge on any atom is 0.330 e. The molecule has 0 spiro atoms. The van der Waals surface area contributed by atoms with Crippen LogP contribution in [0.4, 0.5) is 0 Å². The van der Waals surface area contributed by atoms with Crippen LogP contribution in [-0.2, 0) is 43.1 Å². The number of unbranched alkanes of at least 4 members (excludes halogenated alkanes) is 7. The number of ether oxygens (including phenoxy) is 4. The highest BCUT2D eigenvalue weighted by Crippen LogP contribution is 2.60. The lowest BCUT2D eigenvalue weighted by atomic mass is 9.51. The van der Waals surface area contributed by atoms with Gasteiger partial charge < -0.3 is 18.9 Å². The summed E-state index contributed by atoms with van der Waals surface area (Å²) < 4.78 is 21.7. The second-order valence-corrected chi connectivity index (χ2v) is 11.0. The number of hydrogen-bond donors (Lipinski definition) is 0. The smallest absolute Gasteiger partial charge is 0.330 e. The summed E-state index contributed by atoms with van der Waals surface area (Å²) in [6.07, 6.45) is 19.0. The monoisotopic (exact) mass is 576 g/mol. The van der Waals surface area contributed by atoms with Crippen LogP contribution >= 0.6 is 0 Å². The van der Waals surface area contributed by atoms with Crippen molar-refractivity contribution in [3.8, 4) is 0 Å². The number of hydrogen-bond acceptors (Lipinski definition) is 9. The number of ketones is 1. The van der Waals surface area contributed by atoms with Crippen LogP contribution in [0.3, 0.4) is 0 Å². The fraction of sp³-hybridized carbons (Fsp3) is 0.719. The highest BCUT2D eigenvalue weighted by atomic mass is 17.2. The van der Waals surface area contributed by atoms with Gasteiger partial charge in [-0.25, -0.2) is 9.68 Å². The molecular formula is C32H48O9. The normalized spacial score (nSPS) is 30.7. The summed E-state index contributed by atoms with van der Waals surface area (Å²) in [6, 6.07) is 0. The van der Waals surface area contributed by atoms with E-state index in [-0.39, 0.29) is 29.7 Å². The van der Waals surface area contributed by atoms with E-state index in [1.165, 1.54) is 27.4 Å². The Morgan fingerprint density at radius 2 is 1.76 bits per heavy atom. The second kappa shape index (κ2) is 15.8. The summed E-state index contributed by atoms with van der Waals surface area (Å²) >= 11 is 0. The molecule has 4 bridgehead atoms. The molecule has 0 amide bonds. The summed E-state index contributed by atoms with van der Waals surface area (Å²) in [5.41, 5.74) is -0.596. The predicted molar refractivity (Wildman–Crippen MR) is 152 cm³/mol. The molecule has 6 atom stereocenters. The van der Waals surface area contributed by atoms with Crippen LogP contribution in [0, 0.1) is 17.8 Å². The highest BCUT2D eigenvalue weighted by molar-refractivity contribution is 6.00. The lowest BCUT2D eigenvalue weighted by Gasteiger charge is -2.61. The topological polar surface area (TPSA) is 107 Å². The lowest BCUT2D eigenvalue weighted by Crippen LogP contribution is -2.76. The van der Waals surface area contributed by atoms with Gasteiger partial charge >= 0.3 is 11.9 Å². The molecule has 4 rings (SSSR count). The number of carbonyl (C=O) groups is 3. The van der Waals surface area contributed by atoms with E-state index in [1.54, 1.807) is 6.08 Å². The van der Waals surface area contributed by atoms with Crippen molar-refractivity contribution in [2.24, 2.45) is 17.8 Å². The molecule has 0 aromatic rings. The molecule has 9 nitrogen and oxygen atoms in total. The Hall–Kier alpha value is -2.33. The van der Waals surface area contributed by atoms with Gasteiger partial charge in [0.25, 0.3) is 5.79 Å². The molecular weight excluding hydrogens is 528 g/mol. The van der Waals surface area contributed by atoms with Gasteiger partial charge in [-0.3, -0.25) is 9.59 Å². The highest BCUT2D eigenvalue weighted by Gasteiger charge is 2.74. The minimum Gasteiger partial charge on any atom is -0.466 e. The minimum absolute atomic E-state index is 0.126. The van der Waals surface area contributed by atoms with Gasteiger partial charge in [0.2, 0.25) is 5.78 Å². The first-order valence-electron chi connectivity index (χ1n) is 15.2. The van der Waals surface area contributed by atoms with Crippen molar-refractivity contribution in [3.05, 3.63) is 36.0 Å². The number of methoxy groups -OCH3 is 3. The van der Waals surface area contributed by atoms with Crippen LogP contribution in [0.25, 0.3) is 0 Å². The molecule has 0 aromatic heterocycles. The zero-order chi connectivity index (χ0) is 29.9. The molecule has 0 radical (unpaired) electrons. The largest absolute Gasteiger partial charge is 0.466 e. The fourth-order valence-corrected chi connectivity index (χ4v) is 6.56. The van der Waals surface area contributed by atoms with Crippen LogP contribution in [0.15, 0.2) is 36.0 Å². The van der Waals surface area contributed by atoms with Crippen molar-refractivity contribution >= 4 is 17.7 Å². The number of rotatable bonds is 18. The van der Waals surface area contributed by atoms with E-state index in [0.717, 1.165) is 69.8 Å². The van der Waals surface area contributed by atoms with Gasteiger partial charge in [0.05, 0.1) is 25.7 Å². The Morgan fingerprint density at radius 1 is 1.00 bits per heavy atom. The Morgan fingerprint density at radius 3 is 2.44 bits per heavy atom. The van der Waals surface area contributed by atoms with E-state index < -0.39 is 23.3 Å². The molecule has 9 heteroatoms. The van der Waals surface area contributed by atoms with Gasteiger partial charge in [0.1, 0.15) is 0 Å². The van der Waals surface area contributed by atoms with Crippen LogP contribution in [0.5, 0.6) is 0 Å². The van der Waals surface area contributed by atoms with Crippen molar-refractivity contribution in [1.82, 2.24) is 0 Å². The molecule has 4 aliphatic rings. The standard InChI is InChI=1S/C32H48O9/c1-6-8-14-18-25-28-24(17-15-12-10-9-11-13-16-19-27(34)39-7-2)31(37-4)22-23(20-21-26(33)36-3)29(28)32(38-5,30(31)35)41-40-25/h15,17,20-22,24-25,28-29H,6-14,16,18-19H2,1-5H3/b17-15+,21-20+/t24?,25-,28?,29?,31?,32?/m0/s1. The van der Waals surface area contributed by atoms with Crippen LogP contribution in [0.1, 0.15) is 84.5 Å². The Bertz CT molecular complexity index is 986. The number of Topliss-reactive ketones (excluding diaryl/α,β-unsaturated/α-hetero) is 1. The first-order valence-corrected chi connectivity index (χ1v) is 15.2. The molecule has 1 saturated carbocycles. The molecule has 230 valence electrons. The zero-order valence-electron chi connectivity index (χ0n) is 25.4. The summed E-state index contributed by atoms with van der Waals surface area (Å²) in [7, 11) is 4.30. The van der Waals surface area contributed by atoms with Gasteiger partial charge in [-0.1, -0.05) is 63.7 Å². The van der Waals surface area contributed by atoms with E-state index in [0.29, 0.717) is 13.0 Å². The van der Waals surface area contributed by atoms with E-state index in [9.17, 15) is 14.4 Å². The van der Waals surface area contributed by atoms with E-state index in [1.807, 2.05) is 13.0 Å². The lowest BCUT2D eigenvalue weighted by molar-refractivity contribution is -0.485. The van der Waals surface area contributed by atoms with Crippen LogP contribution in [-0.4, -0.2) is 63.2 Å². The maximum atomic E-state index is 14.1. The number of esters is 2. The van der Waals surface area contributed by atoms with Crippen LogP contribution in [0.2, 0.25) is 0 Å². The Kier molecular flexibility index (Phi) is 12.8. The molecule has 0 aromatic carbocycles. The fourth-order valence-electron chi connectivity index (χ4n) is 6.56. The number of carbonyl (C=O) groups excluding carboxylic acids is 3. The average molecular weight is 577 g/mol. The summed E-state index contributed by atoms with van der Waals surface area (Å²) in [5.74, 6) is -3.55. The molecule has 1 saturated heterocycles. The summed E-state index contributed by atoms with van der Waals surface area (Å²) in [6.45, 7) is 4.40.